The average molecular weight is 459 g/mol. The van der Waals surface area contributed by atoms with E-state index in [1.807, 2.05) is 31.2 Å². The molecule has 0 aliphatic rings. The molecule has 0 saturated heterocycles. The molecule has 176 valence electrons. The maximum Gasteiger partial charge on any atom is 0.422 e. The summed E-state index contributed by atoms with van der Waals surface area (Å²) in [6.45, 7) is 8.62. The van der Waals surface area contributed by atoms with Crippen molar-refractivity contribution in [1.82, 2.24) is 0 Å². The van der Waals surface area contributed by atoms with Gasteiger partial charge in [-0.1, -0.05) is 69.0 Å². The summed E-state index contributed by atoms with van der Waals surface area (Å²) in [5.41, 5.74) is -1.48. The minimum Gasteiger partial charge on any atom is -0.455 e. The Morgan fingerprint density at radius 2 is 1.48 bits per heavy atom. The van der Waals surface area contributed by atoms with E-state index in [-0.39, 0.29) is 19.1 Å². The van der Waals surface area contributed by atoms with Crippen LogP contribution in [0.3, 0.4) is 0 Å². The van der Waals surface area contributed by atoms with Crippen molar-refractivity contribution in [3.05, 3.63) is 72.3 Å². The topological polar surface area (TPSA) is 35.5 Å². The lowest BCUT2D eigenvalue weighted by Gasteiger charge is -2.32. The van der Waals surface area contributed by atoms with Gasteiger partial charge in [0, 0.05) is 6.42 Å². The second kappa shape index (κ2) is 9.96. The Bertz CT molecular complexity index is 1090. The van der Waals surface area contributed by atoms with Gasteiger partial charge in [-0.05, 0) is 52.9 Å². The molecule has 33 heavy (non-hydrogen) atoms. The van der Waals surface area contributed by atoms with Gasteiger partial charge < -0.3 is 9.47 Å². The number of hydrogen-bond acceptors (Lipinski definition) is 3. The third-order valence-corrected chi connectivity index (χ3v) is 6.33. The molecule has 0 N–H and O–H groups in total. The predicted molar refractivity (Wildman–Crippen MR) is 125 cm³/mol. The summed E-state index contributed by atoms with van der Waals surface area (Å²) in [6, 6.07) is 18.3. The van der Waals surface area contributed by atoms with Gasteiger partial charge in [0.05, 0.1) is 12.7 Å². The van der Waals surface area contributed by atoms with Gasteiger partial charge in [-0.3, -0.25) is 0 Å². The lowest BCUT2D eigenvalue weighted by molar-refractivity contribution is -0.168. The molecule has 0 heterocycles. The first-order chi connectivity index (χ1) is 15.6. The molecule has 3 nitrogen and oxygen atoms in total. The SMILES string of the molecule is C=C(C(=O)OC(CC)(CC)CCOC(C)c1c2ccccc2cc2ccccc12)C(F)(F)F. The molecule has 0 radical (unpaired) electrons. The van der Waals surface area contributed by atoms with E-state index >= 15 is 0 Å². The highest BCUT2D eigenvalue weighted by Gasteiger charge is 2.41. The maximum atomic E-state index is 12.9. The van der Waals surface area contributed by atoms with Crippen LogP contribution in [-0.4, -0.2) is 24.4 Å². The zero-order valence-corrected chi connectivity index (χ0v) is 19.2. The second-order valence-corrected chi connectivity index (χ2v) is 8.25. The molecule has 3 rings (SSSR count). The molecular weight excluding hydrogens is 429 g/mol. The summed E-state index contributed by atoms with van der Waals surface area (Å²) in [4.78, 5) is 12.1. The first-order valence-electron chi connectivity index (χ1n) is 11.1. The van der Waals surface area contributed by atoms with Crippen molar-refractivity contribution in [3.8, 4) is 0 Å². The Morgan fingerprint density at radius 1 is 0.970 bits per heavy atom. The van der Waals surface area contributed by atoms with Gasteiger partial charge in [-0.15, -0.1) is 0 Å². The highest BCUT2D eigenvalue weighted by Crippen LogP contribution is 2.35. The van der Waals surface area contributed by atoms with E-state index in [1.54, 1.807) is 13.8 Å². The van der Waals surface area contributed by atoms with Crippen molar-refractivity contribution in [1.29, 1.82) is 0 Å². The Balaban J connectivity index is 1.79. The second-order valence-electron chi connectivity index (χ2n) is 8.25. The molecule has 0 saturated carbocycles. The number of benzene rings is 3. The largest absolute Gasteiger partial charge is 0.455 e. The number of fused-ring (bicyclic) bond motifs is 2. The Labute approximate surface area is 192 Å². The number of rotatable bonds is 9. The van der Waals surface area contributed by atoms with Gasteiger partial charge in [0.15, 0.2) is 0 Å². The number of carbonyl (C=O) groups is 1. The molecule has 3 aromatic rings. The van der Waals surface area contributed by atoms with Crippen molar-refractivity contribution < 1.29 is 27.4 Å². The van der Waals surface area contributed by atoms with E-state index in [4.69, 9.17) is 9.47 Å². The van der Waals surface area contributed by atoms with E-state index in [2.05, 4.69) is 36.9 Å². The minimum atomic E-state index is -4.81. The van der Waals surface area contributed by atoms with Crippen LogP contribution in [0.1, 0.15) is 51.7 Å². The quantitative estimate of drug-likeness (QED) is 0.187. The third-order valence-electron chi connectivity index (χ3n) is 6.33. The fraction of sp³-hybridized carbons (Fsp3) is 0.370. The van der Waals surface area contributed by atoms with Crippen LogP contribution >= 0.6 is 0 Å². The lowest BCUT2D eigenvalue weighted by atomic mass is 9.92. The van der Waals surface area contributed by atoms with Gasteiger partial charge in [-0.25, -0.2) is 4.79 Å². The number of alkyl halides is 3. The predicted octanol–water partition coefficient (Wildman–Crippen LogP) is 7.68. The summed E-state index contributed by atoms with van der Waals surface area (Å²) >= 11 is 0. The fourth-order valence-electron chi connectivity index (χ4n) is 4.16. The fourth-order valence-corrected chi connectivity index (χ4v) is 4.16. The average Bonchev–Trinajstić information content (AvgIpc) is 2.80. The standard InChI is InChI=1S/C27H29F3O3/c1-5-26(6-2,33-25(31)18(3)27(28,29)30)15-16-32-19(4)24-22-13-9-7-11-20(22)17-21-12-8-10-14-23(21)24/h7-14,17,19H,3,5-6,15-16H2,1-2,4H3. The molecule has 3 aromatic carbocycles. The van der Waals surface area contributed by atoms with Crippen LogP contribution in [0.15, 0.2) is 66.7 Å². The van der Waals surface area contributed by atoms with Crippen molar-refractivity contribution >= 4 is 27.5 Å². The molecule has 6 heteroatoms. The molecular formula is C27H29F3O3. The van der Waals surface area contributed by atoms with E-state index < -0.39 is 23.3 Å². The Morgan fingerprint density at radius 3 is 1.97 bits per heavy atom. The van der Waals surface area contributed by atoms with E-state index in [0.29, 0.717) is 12.8 Å². The van der Waals surface area contributed by atoms with Crippen molar-refractivity contribution in [2.75, 3.05) is 6.61 Å². The highest BCUT2D eigenvalue weighted by molar-refractivity contribution is 6.02. The first-order valence-corrected chi connectivity index (χ1v) is 11.1. The molecule has 0 aromatic heterocycles. The number of halogens is 3. The molecule has 0 spiro atoms. The summed E-state index contributed by atoms with van der Waals surface area (Å²) < 4.78 is 50.1. The van der Waals surface area contributed by atoms with E-state index in [9.17, 15) is 18.0 Å². The number of ether oxygens (including phenoxy) is 2. The van der Waals surface area contributed by atoms with Crippen LogP contribution in [0.5, 0.6) is 0 Å². The molecule has 0 fully saturated rings. The molecule has 0 aliphatic heterocycles. The maximum absolute atomic E-state index is 12.9. The van der Waals surface area contributed by atoms with Gasteiger partial charge in [0.25, 0.3) is 0 Å². The van der Waals surface area contributed by atoms with E-state index in [1.165, 1.54) is 0 Å². The summed E-state index contributed by atoms with van der Waals surface area (Å²) in [5, 5.41) is 4.40. The van der Waals surface area contributed by atoms with Crippen molar-refractivity contribution in [2.24, 2.45) is 0 Å². The summed E-state index contributed by atoms with van der Waals surface area (Å²) in [7, 11) is 0. The zero-order valence-electron chi connectivity index (χ0n) is 19.2. The van der Waals surface area contributed by atoms with Crippen LogP contribution in [0, 0.1) is 0 Å². The lowest BCUT2D eigenvalue weighted by Crippen LogP contribution is -2.37. The molecule has 0 amide bonds. The molecule has 0 aliphatic carbocycles. The Kier molecular flexibility index (Phi) is 7.48. The molecule has 0 bridgehead atoms. The summed E-state index contributed by atoms with van der Waals surface area (Å²) in [6.07, 6.45) is -4.06. The number of hydrogen-bond donors (Lipinski definition) is 0. The van der Waals surface area contributed by atoms with Gasteiger partial charge in [0.2, 0.25) is 0 Å². The number of carbonyl (C=O) groups excluding carboxylic acids is 1. The smallest absolute Gasteiger partial charge is 0.422 e. The minimum absolute atomic E-state index is 0.228. The van der Waals surface area contributed by atoms with E-state index in [0.717, 1.165) is 27.1 Å². The van der Waals surface area contributed by atoms with Crippen LogP contribution < -0.4 is 0 Å². The highest BCUT2D eigenvalue weighted by atomic mass is 19.4. The monoisotopic (exact) mass is 458 g/mol. The van der Waals surface area contributed by atoms with Gasteiger partial charge in [-0.2, -0.15) is 13.2 Å². The normalized spacial score (nSPS) is 13.3. The van der Waals surface area contributed by atoms with Crippen molar-refractivity contribution in [3.63, 3.8) is 0 Å². The first kappa shape index (κ1) is 24.8. The van der Waals surface area contributed by atoms with Gasteiger partial charge >= 0.3 is 12.1 Å². The Hall–Kier alpha value is -2.86. The van der Waals surface area contributed by atoms with Crippen LogP contribution in [-0.2, 0) is 14.3 Å². The van der Waals surface area contributed by atoms with Crippen molar-refractivity contribution in [2.45, 2.75) is 57.9 Å². The zero-order chi connectivity index (χ0) is 24.2. The third kappa shape index (κ3) is 5.38. The van der Waals surface area contributed by atoms with Crippen LogP contribution in [0.25, 0.3) is 21.5 Å². The van der Waals surface area contributed by atoms with Gasteiger partial charge in [0.1, 0.15) is 11.2 Å². The number of esters is 1. The summed E-state index contributed by atoms with van der Waals surface area (Å²) in [5.74, 6) is -1.43. The van der Waals surface area contributed by atoms with Crippen LogP contribution in [0.4, 0.5) is 13.2 Å². The molecule has 1 unspecified atom stereocenters. The van der Waals surface area contributed by atoms with Crippen LogP contribution in [0.2, 0.25) is 0 Å². The molecule has 1 atom stereocenters.